The maximum Gasteiger partial charge on any atom is 0.273 e. The zero-order chi connectivity index (χ0) is 17.1. The normalized spacial score (nSPS) is 15.9. The number of para-hydroxylation sites is 1. The molecule has 0 radical (unpaired) electrons. The van der Waals surface area contributed by atoms with Crippen LogP contribution in [0.4, 0.5) is 0 Å². The summed E-state index contributed by atoms with van der Waals surface area (Å²) in [6, 6.07) is 17.6. The van der Waals surface area contributed by atoms with E-state index in [-0.39, 0.29) is 11.9 Å². The lowest BCUT2D eigenvalue weighted by Gasteiger charge is -2.26. The van der Waals surface area contributed by atoms with Gasteiger partial charge in [-0.2, -0.15) is 0 Å². The summed E-state index contributed by atoms with van der Waals surface area (Å²) in [6.07, 6.45) is 2.41. The van der Waals surface area contributed by atoms with E-state index in [1.54, 1.807) is 10.9 Å². The standard InChI is InChI=1S/C19H18N4O2/c24-19(20-16-10-11-25-18-9-5-4-8-15(16)18)17-13-23(22-21-17)12-14-6-2-1-3-7-14/h1-9,13,16H,10-12H2,(H,20,24)/t16-/m1/s1. The second-order valence-electron chi connectivity index (χ2n) is 5.99. The van der Waals surface area contributed by atoms with Crippen molar-refractivity contribution in [1.82, 2.24) is 20.3 Å². The largest absolute Gasteiger partial charge is 0.493 e. The monoisotopic (exact) mass is 334 g/mol. The van der Waals surface area contributed by atoms with Crippen molar-refractivity contribution >= 4 is 5.91 Å². The summed E-state index contributed by atoms with van der Waals surface area (Å²) < 4.78 is 7.30. The van der Waals surface area contributed by atoms with Crippen LogP contribution in [0, 0.1) is 0 Å². The van der Waals surface area contributed by atoms with Gasteiger partial charge in [-0.05, 0) is 11.6 Å². The van der Waals surface area contributed by atoms with Crippen LogP contribution in [-0.4, -0.2) is 27.5 Å². The van der Waals surface area contributed by atoms with E-state index in [2.05, 4.69) is 15.6 Å². The Balaban J connectivity index is 1.46. The van der Waals surface area contributed by atoms with E-state index in [0.29, 0.717) is 18.8 Å². The molecule has 3 aromatic rings. The highest BCUT2D eigenvalue weighted by Gasteiger charge is 2.24. The molecule has 126 valence electrons. The lowest BCUT2D eigenvalue weighted by molar-refractivity contribution is 0.0919. The van der Waals surface area contributed by atoms with E-state index in [4.69, 9.17) is 4.74 Å². The highest BCUT2D eigenvalue weighted by Crippen LogP contribution is 2.31. The fourth-order valence-corrected chi connectivity index (χ4v) is 2.97. The molecule has 1 aliphatic heterocycles. The fraction of sp³-hybridized carbons (Fsp3) is 0.211. The summed E-state index contributed by atoms with van der Waals surface area (Å²) in [7, 11) is 0. The van der Waals surface area contributed by atoms with Crippen molar-refractivity contribution in [2.75, 3.05) is 6.61 Å². The van der Waals surface area contributed by atoms with Crippen molar-refractivity contribution in [3.8, 4) is 5.75 Å². The highest BCUT2D eigenvalue weighted by molar-refractivity contribution is 5.92. The van der Waals surface area contributed by atoms with Gasteiger partial charge in [0, 0.05) is 12.0 Å². The molecule has 1 atom stereocenters. The second kappa shape index (κ2) is 6.76. The number of fused-ring (bicyclic) bond motifs is 1. The summed E-state index contributed by atoms with van der Waals surface area (Å²) in [5.41, 5.74) is 2.43. The van der Waals surface area contributed by atoms with Crippen LogP contribution in [0.2, 0.25) is 0 Å². The highest BCUT2D eigenvalue weighted by atomic mass is 16.5. The average Bonchev–Trinajstić information content (AvgIpc) is 3.11. The average molecular weight is 334 g/mol. The second-order valence-corrected chi connectivity index (χ2v) is 5.99. The number of hydrogen-bond acceptors (Lipinski definition) is 4. The number of nitrogens with one attached hydrogen (secondary N) is 1. The van der Waals surface area contributed by atoms with E-state index in [0.717, 1.165) is 23.3 Å². The zero-order valence-electron chi connectivity index (χ0n) is 13.6. The summed E-state index contributed by atoms with van der Waals surface area (Å²) in [5.74, 6) is 0.604. The number of nitrogens with zero attached hydrogens (tertiary/aromatic N) is 3. The Hall–Kier alpha value is -3.15. The van der Waals surface area contributed by atoms with Gasteiger partial charge < -0.3 is 10.1 Å². The third kappa shape index (κ3) is 3.38. The van der Waals surface area contributed by atoms with Crippen LogP contribution in [0.3, 0.4) is 0 Å². The smallest absolute Gasteiger partial charge is 0.273 e. The van der Waals surface area contributed by atoms with Gasteiger partial charge in [-0.25, -0.2) is 4.68 Å². The molecule has 6 nitrogen and oxygen atoms in total. The van der Waals surface area contributed by atoms with Crippen LogP contribution in [0.25, 0.3) is 0 Å². The minimum absolute atomic E-state index is 0.0725. The Morgan fingerprint density at radius 1 is 1.16 bits per heavy atom. The van der Waals surface area contributed by atoms with Crippen molar-refractivity contribution in [2.45, 2.75) is 19.0 Å². The molecule has 1 amide bonds. The number of rotatable bonds is 4. The number of hydrogen-bond donors (Lipinski definition) is 1. The molecule has 0 bridgehead atoms. The molecule has 0 aliphatic carbocycles. The van der Waals surface area contributed by atoms with Gasteiger partial charge in [0.1, 0.15) is 5.75 Å². The quantitative estimate of drug-likeness (QED) is 0.796. The van der Waals surface area contributed by atoms with Crippen LogP contribution in [-0.2, 0) is 6.54 Å². The number of carbonyl (C=O) groups is 1. The number of ether oxygens (including phenoxy) is 1. The van der Waals surface area contributed by atoms with Crippen LogP contribution in [0.5, 0.6) is 5.75 Å². The minimum Gasteiger partial charge on any atom is -0.493 e. The van der Waals surface area contributed by atoms with E-state index in [1.807, 2.05) is 54.6 Å². The van der Waals surface area contributed by atoms with Gasteiger partial charge in [-0.3, -0.25) is 4.79 Å². The molecular formula is C19H18N4O2. The Kier molecular flexibility index (Phi) is 4.16. The molecular weight excluding hydrogens is 316 g/mol. The molecule has 25 heavy (non-hydrogen) atoms. The van der Waals surface area contributed by atoms with Crippen molar-refractivity contribution < 1.29 is 9.53 Å². The summed E-state index contributed by atoms with van der Waals surface area (Å²) in [5, 5.41) is 11.1. The summed E-state index contributed by atoms with van der Waals surface area (Å²) in [4.78, 5) is 12.5. The zero-order valence-corrected chi connectivity index (χ0v) is 13.6. The van der Waals surface area contributed by atoms with Gasteiger partial charge in [0.15, 0.2) is 5.69 Å². The van der Waals surface area contributed by atoms with Crippen molar-refractivity contribution in [2.24, 2.45) is 0 Å². The SMILES string of the molecule is O=C(N[C@@H]1CCOc2ccccc21)c1cn(Cc2ccccc2)nn1. The predicted octanol–water partition coefficient (Wildman–Crippen LogP) is 2.58. The molecule has 0 unspecified atom stereocenters. The molecule has 2 heterocycles. The van der Waals surface area contributed by atoms with E-state index in [9.17, 15) is 4.79 Å². The van der Waals surface area contributed by atoms with Gasteiger partial charge in [0.2, 0.25) is 0 Å². The number of carbonyl (C=O) groups excluding carboxylic acids is 1. The first-order valence-electron chi connectivity index (χ1n) is 8.26. The van der Waals surface area contributed by atoms with Gasteiger partial charge in [-0.15, -0.1) is 5.10 Å². The lowest BCUT2D eigenvalue weighted by Crippen LogP contribution is -2.32. The Bertz CT molecular complexity index is 876. The molecule has 0 fully saturated rings. The van der Waals surface area contributed by atoms with E-state index in [1.165, 1.54) is 0 Å². The van der Waals surface area contributed by atoms with Gasteiger partial charge in [-0.1, -0.05) is 53.7 Å². The molecule has 1 aliphatic rings. The first-order chi connectivity index (χ1) is 12.3. The maximum absolute atomic E-state index is 12.5. The predicted molar refractivity (Wildman–Crippen MR) is 92.3 cm³/mol. The molecule has 4 rings (SSSR count). The summed E-state index contributed by atoms with van der Waals surface area (Å²) >= 11 is 0. The first kappa shape index (κ1) is 15.4. The lowest BCUT2D eigenvalue weighted by atomic mass is 10.0. The minimum atomic E-state index is -0.221. The molecule has 6 heteroatoms. The number of benzene rings is 2. The van der Waals surface area contributed by atoms with Crippen molar-refractivity contribution in [3.63, 3.8) is 0 Å². The van der Waals surface area contributed by atoms with E-state index < -0.39 is 0 Å². The topological polar surface area (TPSA) is 69.0 Å². The molecule has 1 N–H and O–H groups in total. The van der Waals surface area contributed by atoms with Crippen LogP contribution >= 0.6 is 0 Å². The van der Waals surface area contributed by atoms with Crippen LogP contribution in [0.15, 0.2) is 60.8 Å². The van der Waals surface area contributed by atoms with Crippen molar-refractivity contribution in [1.29, 1.82) is 0 Å². The maximum atomic E-state index is 12.5. The van der Waals surface area contributed by atoms with Gasteiger partial charge in [0.05, 0.1) is 25.4 Å². The Morgan fingerprint density at radius 3 is 2.84 bits per heavy atom. The molecule has 1 aromatic heterocycles. The number of amides is 1. The molecule has 0 saturated carbocycles. The Labute approximate surface area is 145 Å². The van der Waals surface area contributed by atoms with Gasteiger partial charge in [0.25, 0.3) is 5.91 Å². The molecule has 0 spiro atoms. The van der Waals surface area contributed by atoms with Crippen LogP contribution < -0.4 is 10.1 Å². The molecule has 0 saturated heterocycles. The summed E-state index contributed by atoms with van der Waals surface area (Å²) in [6.45, 7) is 1.17. The van der Waals surface area contributed by atoms with Gasteiger partial charge >= 0.3 is 0 Å². The van der Waals surface area contributed by atoms with E-state index >= 15 is 0 Å². The first-order valence-corrected chi connectivity index (χ1v) is 8.26. The number of aromatic nitrogens is 3. The van der Waals surface area contributed by atoms with Crippen LogP contribution in [0.1, 0.15) is 34.1 Å². The third-order valence-electron chi connectivity index (χ3n) is 4.22. The Morgan fingerprint density at radius 2 is 1.96 bits per heavy atom. The fourth-order valence-electron chi connectivity index (χ4n) is 2.97. The van der Waals surface area contributed by atoms with Crippen molar-refractivity contribution in [3.05, 3.63) is 77.6 Å². The third-order valence-corrected chi connectivity index (χ3v) is 4.22. The molecule has 2 aromatic carbocycles.